The maximum atomic E-state index is 11.1. The van der Waals surface area contributed by atoms with Gasteiger partial charge in [-0.05, 0) is 23.6 Å². The molecule has 2 rings (SSSR count). The highest BCUT2D eigenvalue weighted by atomic mass is 79.9. The Labute approximate surface area is 110 Å². The minimum atomic E-state index is -0.134. The number of halogens is 1. The van der Waals surface area contributed by atoms with E-state index in [0.717, 1.165) is 26.1 Å². The van der Waals surface area contributed by atoms with E-state index in [0.29, 0.717) is 6.42 Å². The summed E-state index contributed by atoms with van der Waals surface area (Å²) in [7, 11) is 1.44. The number of fused-ring (bicyclic) bond motifs is 1. The molecule has 0 aromatic heterocycles. The molecule has 1 aromatic carbocycles. The van der Waals surface area contributed by atoms with Crippen molar-refractivity contribution in [3.63, 3.8) is 0 Å². The van der Waals surface area contributed by atoms with Crippen molar-refractivity contribution in [1.29, 1.82) is 0 Å². The summed E-state index contributed by atoms with van der Waals surface area (Å²) in [6.45, 7) is 2.71. The van der Waals surface area contributed by atoms with Crippen LogP contribution in [0.3, 0.4) is 0 Å². The zero-order valence-corrected chi connectivity index (χ0v) is 11.5. The zero-order chi connectivity index (χ0) is 12.3. The lowest BCUT2D eigenvalue weighted by atomic mass is 10.00. The van der Waals surface area contributed by atoms with Crippen molar-refractivity contribution in [2.24, 2.45) is 0 Å². The molecule has 17 heavy (non-hydrogen) atoms. The molecule has 0 saturated heterocycles. The summed E-state index contributed by atoms with van der Waals surface area (Å²) < 4.78 is 5.85. The molecule has 0 N–H and O–H groups in total. The summed E-state index contributed by atoms with van der Waals surface area (Å²) in [5, 5.41) is 0. The van der Waals surface area contributed by atoms with E-state index in [1.165, 1.54) is 22.7 Å². The first-order chi connectivity index (χ1) is 8.20. The Kier molecular flexibility index (Phi) is 4.18. The molecule has 0 amide bonds. The molecule has 1 aliphatic heterocycles. The lowest BCUT2D eigenvalue weighted by Crippen LogP contribution is -2.32. The van der Waals surface area contributed by atoms with E-state index in [4.69, 9.17) is 0 Å². The van der Waals surface area contributed by atoms with Gasteiger partial charge in [0, 0.05) is 24.1 Å². The Balaban J connectivity index is 1.97. The molecule has 0 aliphatic carbocycles. The maximum Gasteiger partial charge on any atom is 0.306 e. The number of esters is 1. The van der Waals surface area contributed by atoms with E-state index in [2.05, 4.69) is 43.8 Å². The van der Waals surface area contributed by atoms with Crippen LogP contribution in [-0.4, -0.2) is 31.1 Å². The van der Waals surface area contributed by atoms with Gasteiger partial charge in [-0.25, -0.2) is 0 Å². The Hall–Kier alpha value is -0.870. The van der Waals surface area contributed by atoms with Crippen molar-refractivity contribution < 1.29 is 9.53 Å². The summed E-state index contributed by atoms with van der Waals surface area (Å²) in [6, 6.07) is 6.31. The van der Waals surface area contributed by atoms with Crippen molar-refractivity contribution in [3.05, 3.63) is 33.8 Å². The van der Waals surface area contributed by atoms with Crippen LogP contribution in [0.25, 0.3) is 0 Å². The van der Waals surface area contributed by atoms with Gasteiger partial charge in [-0.15, -0.1) is 0 Å². The number of rotatable bonds is 3. The summed E-state index contributed by atoms with van der Waals surface area (Å²) in [6.07, 6.45) is 1.51. The van der Waals surface area contributed by atoms with Crippen molar-refractivity contribution in [3.8, 4) is 0 Å². The van der Waals surface area contributed by atoms with Crippen molar-refractivity contribution in [2.75, 3.05) is 20.2 Å². The summed E-state index contributed by atoms with van der Waals surface area (Å²) in [5.74, 6) is -0.134. The second kappa shape index (κ2) is 5.65. The fourth-order valence-corrected chi connectivity index (χ4v) is 2.77. The van der Waals surface area contributed by atoms with Gasteiger partial charge in [0.15, 0.2) is 0 Å². The Bertz CT molecular complexity index is 420. The smallest absolute Gasteiger partial charge is 0.306 e. The third-order valence-corrected chi connectivity index (χ3v) is 3.89. The highest BCUT2D eigenvalue weighted by molar-refractivity contribution is 9.10. The quantitative estimate of drug-likeness (QED) is 0.802. The average molecular weight is 298 g/mol. The number of methoxy groups -OCH3 is 1. The van der Waals surface area contributed by atoms with Crippen LogP contribution < -0.4 is 0 Å². The number of ether oxygens (including phenoxy) is 1. The van der Waals surface area contributed by atoms with Gasteiger partial charge < -0.3 is 4.74 Å². The van der Waals surface area contributed by atoms with Crippen molar-refractivity contribution in [1.82, 2.24) is 4.90 Å². The zero-order valence-electron chi connectivity index (χ0n) is 9.91. The van der Waals surface area contributed by atoms with E-state index in [1.807, 2.05) is 0 Å². The standard InChI is InChI=1S/C13H16BrNO2/c1-17-13(16)6-8-15-7-5-11-10(9-15)3-2-4-12(11)14/h2-4H,5-9H2,1H3. The molecule has 0 atom stereocenters. The van der Waals surface area contributed by atoms with E-state index < -0.39 is 0 Å². The fraction of sp³-hybridized carbons (Fsp3) is 0.462. The molecule has 92 valence electrons. The lowest BCUT2D eigenvalue weighted by Gasteiger charge is -2.28. The van der Waals surface area contributed by atoms with Crippen LogP contribution in [0.2, 0.25) is 0 Å². The van der Waals surface area contributed by atoms with Crippen LogP contribution in [0.5, 0.6) is 0 Å². The van der Waals surface area contributed by atoms with E-state index in [9.17, 15) is 4.79 Å². The molecular weight excluding hydrogens is 282 g/mol. The van der Waals surface area contributed by atoms with Crippen LogP contribution in [0.1, 0.15) is 17.5 Å². The third-order valence-electron chi connectivity index (χ3n) is 3.15. The molecule has 0 spiro atoms. The molecule has 1 aromatic rings. The van der Waals surface area contributed by atoms with Crippen molar-refractivity contribution >= 4 is 21.9 Å². The van der Waals surface area contributed by atoms with Crippen LogP contribution in [0.15, 0.2) is 22.7 Å². The molecule has 1 heterocycles. The maximum absolute atomic E-state index is 11.1. The van der Waals surface area contributed by atoms with Crippen LogP contribution in [0, 0.1) is 0 Å². The first-order valence-electron chi connectivity index (χ1n) is 5.76. The fourth-order valence-electron chi connectivity index (χ4n) is 2.16. The van der Waals surface area contributed by atoms with E-state index >= 15 is 0 Å². The first-order valence-corrected chi connectivity index (χ1v) is 6.55. The number of carbonyl (C=O) groups is 1. The largest absolute Gasteiger partial charge is 0.469 e. The topological polar surface area (TPSA) is 29.5 Å². The predicted octanol–water partition coefficient (Wildman–Crippen LogP) is 2.37. The third kappa shape index (κ3) is 3.07. The Morgan fingerprint density at radius 3 is 3.12 bits per heavy atom. The number of hydrogen-bond donors (Lipinski definition) is 0. The number of nitrogens with zero attached hydrogens (tertiary/aromatic N) is 1. The van der Waals surface area contributed by atoms with Gasteiger partial charge in [-0.2, -0.15) is 0 Å². The van der Waals surface area contributed by atoms with E-state index in [-0.39, 0.29) is 5.97 Å². The van der Waals surface area contributed by atoms with Crippen LogP contribution in [-0.2, 0) is 22.5 Å². The summed E-state index contributed by atoms with van der Waals surface area (Å²) in [5.41, 5.74) is 2.76. The summed E-state index contributed by atoms with van der Waals surface area (Å²) in [4.78, 5) is 13.4. The number of carbonyl (C=O) groups excluding carboxylic acids is 1. The molecule has 0 radical (unpaired) electrons. The van der Waals surface area contributed by atoms with Gasteiger partial charge in [0.25, 0.3) is 0 Å². The Morgan fingerprint density at radius 2 is 2.35 bits per heavy atom. The molecular formula is C13H16BrNO2. The number of benzene rings is 1. The van der Waals surface area contributed by atoms with Gasteiger partial charge in [0.2, 0.25) is 0 Å². The summed E-state index contributed by atoms with van der Waals surface area (Å²) >= 11 is 3.58. The normalized spacial score (nSPS) is 15.4. The van der Waals surface area contributed by atoms with Gasteiger partial charge in [-0.1, -0.05) is 28.1 Å². The Morgan fingerprint density at radius 1 is 1.53 bits per heavy atom. The van der Waals surface area contributed by atoms with Crippen LogP contribution in [0.4, 0.5) is 0 Å². The van der Waals surface area contributed by atoms with Gasteiger partial charge in [0.1, 0.15) is 0 Å². The second-order valence-electron chi connectivity index (χ2n) is 4.23. The predicted molar refractivity (Wildman–Crippen MR) is 69.8 cm³/mol. The van der Waals surface area contributed by atoms with Crippen molar-refractivity contribution in [2.45, 2.75) is 19.4 Å². The first kappa shape index (κ1) is 12.6. The molecule has 0 bridgehead atoms. The minimum absolute atomic E-state index is 0.134. The highest BCUT2D eigenvalue weighted by Gasteiger charge is 2.18. The van der Waals surface area contributed by atoms with Gasteiger partial charge >= 0.3 is 5.97 Å². The molecule has 0 fully saturated rings. The van der Waals surface area contributed by atoms with E-state index in [1.54, 1.807) is 0 Å². The van der Waals surface area contributed by atoms with Crippen LogP contribution >= 0.6 is 15.9 Å². The van der Waals surface area contributed by atoms with Gasteiger partial charge in [-0.3, -0.25) is 9.69 Å². The molecule has 0 unspecified atom stereocenters. The number of hydrogen-bond acceptors (Lipinski definition) is 3. The molecule has 4 heteroatoms. The lowest BCUT2D eigenvalue weighted by molar-refractivity contribution is -0.141. The highest BCUT2D eigenvalue weighted by Crippen LogP contribution is 2.26. The monoisotopic (exact) mass is 297 g/mol. The second-order valence-corrected chi connectivity index (χ2v) is 5.08. The molecule has 3 nitrogen and oxygen atoms in total. The van der Waals surface area contributed by atoms with Gasteiger partial charge in [0.05, 0.1) is 13.5 Å². The average Bonchev–Trinajstić information content (AvgIpc) is 2.36. The minimum Gasteiger partial charge on any atom is -0.469 e. The SMILES string of the molecule is COC(=O)CCN1CCc2c(Br)cccc2C1. The molecule has 0 saturated carbocycles. The molecule has 1 aliphatic rings.